The first-order valence-corrected chi connectivity index (χ1v) is 13.5. The first kappa shape index (κ1) is 27.3. The number of hydrogen-bond donors (Lipinski definition) is 2. The summed E-state index contributed by atoms with van der Waals surface area (Å²) in [6.45, 7) is 7.80. The molecule has 40 heavy (non-hydrogen) atoms. The zero-order chi connectivity index (χ0) is 28.6. The summed E-state index contributed by atoms with van der Waals surface area (Å²) in [7, 11) is 3.70. The predicted octanol–water partition coefficient (Wildman–Crippen LogP) is 4.90. The highest BCUT2D eigenvalue weighted by Gasteiger charge is 2.47. The molecule has 2 heterocycles. The fourth-order valence-corrected chi connectivity index (χ4v) is 5.45. The molecule has 2 saturated heterocycles. The number of phenols is 1. The number of phenolic OH excluding ortho intramolecular Hbond substituents is 1. The monoisotopic (exact) mass is 541 g/mol. The van der Waals surface area contributed by atoms with Crippen LogP contribution < -0.4 is 14.5 Å². The number of hydrogen-bond acceptors (Lipinski definition) is 7. The third-order valence-electron chi connectivity index (χ3n) is 7.77. The number of piperazine rings is 1. The number of anilines is 2. The molecule has 1 amide bonds. The van der Waals surface area contributed by atoms with Crippen LogP contribution in [0.25, 0.3) is 5.76 Å². The van der Waals surface area contributed by atoms with Gasteiger partial charge < -0.3 is 24.7 Å². The molecule has 2 aliphatic rings. The van der Waals surface area contributed by atoms with Crippen molar-refractivity contribution in [3.05, 3.63) is 89.0 Å². The molecule has 8 heteroatoms. The van der Waals surface area contributed by atoms with E-state index in [1.54, 1.807) is 37.4 Å². The van der Waals surface area contributed by atoms with E-state index in [1.165, 1.54) is 17.0 Å². The molecule has 5 rings (SSSR count). The van der Waals surface area contributed by atoms with E-state index in [0.717, 1.165) is 37.4 Å². The molecule has 0 aliphatic carbocycles. The molecular weight excluding hydrogens is 506 g/mol. The lowest BCUT2D eigenvalue weighted by atomic mass is 9.93. The van der Waals surface area contributed by atoms with Crippen molar-refractivity contribution < 1.29 is 24.5 Å². The molecule has 208 valence electrons. The average Bonchev–Trinajstić information content (AvgIpc) is 3.23. The second-order valence-corrected chi connectivity index (χ2v) is 10.7. The Hall–Kier alpha value is -4.30. The van der Waals surface area contributed by atoms with Crippen LogP contribution in [0.2, 0.25) is 0 Å². The van der Waals surface area contributed by atoms with Gasteiger partial charge in [0.1, 0.15) is 17.3 Å². The minimum atomic E-state index is -0.875. The number of ketones is 1. The Balaban J connectivity index is 1.60. The van der Waals surface area contributed by atoms with Crippen molar-refractivity contribution in [2.45, 2.75) is 25.8 Å². The fraction of sp³-hybridized carbons (Fsp3) is 0.312. The molecule has 2 fully saturated rings. The van der Waals surface area contributed by atoms with Crippen LogP contribution >= 0.6 is 0 Å². The Bertz CT molecular complexity index is 1440. The number of ether oxygens (including phenoxy) is 1. The third kappa shape index (κ3) is 5.02. The highest BCUT2D eigenvalue weighted by Crippen LogP contribution is 2.43. The molecule has 1 atom stereocenters. The van der Waals surface area contributed by atoms with Gasteiger partial charge in [-0.3, -0.25) is 14.5 Å². The highest BCUT2D eigenvalue weighted by atomic mass is 16.5. The van der Waals surface area contributed by atoms with E-state index in [9.17, 15) is 19.8 Å². The number of Topliss-reactive ketones (excluding diaryl/α,β-unsaturated/α-hetero) is 1. The van der Waals surface area contributed by atoms with Gasteiger partial charge >= 0.3 is 0 Å². The highest BCUT2D eigenvalue weighted by molar-refractivity contribution is 6.51. The molecule has 3 aromatic rings. The van der Waals surface area contributed by atoms with Crippen molar-refractivity contribution in [1.29, 1.82) is 0 Å². The van der Waals surface area contributed by atoms with Crippen molar-refractivity contribution in [3.63, 3.8) is 0 Å². The number of rotatable bonds is 6. The molecular formula is C32H35N3O5. The third-order valence-corrected chi connectivity index (χ3v) is 7.77. The van der Waals surface area contributed by atoms with Crippen molar-refractivity contribution in [1.82, 2.24) is 4.90 Å². The summed E-state index contributed by atoms with van der Waals surface area (Å²) in [5.74, 6) is -0.879. The largest absolute Gasteiger partial charge is 0.508 e. The smallest absolute Gasteiger partial charge is 0.300 e. The minimum Gasteiger partial charge on any atom is -0.508 e. The van der Waals surface area contributed by atoms with Crippen molar-refractivity contribution >= 4 is 28.8 Å². The second-order valence-electron chi connectivity index (χ2n) is 10.7. The predicted molar refractivity (Wildman–Crippen MR) is 156 cm³/mol. The number of carbonyl (C=O) groups is 2. The number of benzene rings is 3. The van der Waals surface area contributed by atoms with E-state index in [0.29, 0.717) is 22.6 Å². The van der Waals surface area contributed by atoms with E-state index in [2.05, 4.69) is 16.8 Å². The molecule has 1 unspecified atom stereocenters. The van der Waals surface area contributed by atoms with Gasteiger partial charge in [0.25, 0.3) is 11.7 Å². The van der Waals surface area contributed by atoms with Gasteiger partial charge in [0, 0.05) is 43.1 Å². The molecule has 0 radical (unpaired) electrons. The van der Waals surface area contributed by atoms with E-state index >= 15 is 0 Å². The molecule has 2 aliphatic heterocycles. The lowest BCUT2D eigenvalue weighted by Gasteiger charge is -2.34. The number of amides is 1. The lowest BCUT2D eigenvalue weighted by molar-refractivity contribution is -0.132. The quantitative estimate of drug-likeness (QED) is 0.260. The maximum atomic E-state index is 13.5. The van der Waals surface area contributed by atoms with Crippen LogP contribution in [0.5, 0.6) is 11.5 Å². The van der Waals surface area contributed by atoms with Gasteiger partial charge in [0.05, 0.1) is 18.7 Å². The number of aliphatic hydroxyl groups is 1. The summed E-state index contributed by atoms with van der Waals surface area (Å²) in [5, 5.41) is 21.5. The van der Waals surface area contributed by atoms with Crippen LogP contribution in [0.4, 0.5) is 11.4 Å². The summed E-state index contributed by atoms with van der Waals surface area (Å²) >= 11 is 0. The first-order chi connectivity index (χ1) is 19.2. The van der Waals surface area contributed by atoms with Gasteiger partial charge in [-0.15, -0.1) is 0 Å². The van der Waals surface area contributed by atoms with Gasteiger partial charge in [0.15, 0.2) is 0 Å². The van der Waals surface area contributed by atoms with Gasteiger partial charge in [-0.25, -0.2) is 0 Å². The zero-order valence-corrected chi connectivity index (χ0v) is 23.3. The summed E-state index contributed by atoms with van der Waals surface area (Å²) in [6.07, 6.45) is 0. The Kier molecular flexibility index (Phi) is 7.54. The number of methoxy groups -OCH3 is 1. The molecule has 0 aromatic heterocycles. The Morgan fingerprint density at radius 1 is 0.900 bits per heavy atom. The number of nitrogens with zero attached hydrogens (tertiary/aromatic N) is 3. The molecule has 0 saturated carbocycles. The summed E-state index contributed by atoms with van der Waals surface area (Å²) < 4.78 is 5.48. The van der Waals surface area contributed by atoms with E-state index < -0.39 is 17.7 Å². The fourth-order valence-electron chi connectivity index (χ4n) is 5.45. The number of carbonyl (C=O) groups excluding carboxylic acids is 2. The van der Waals surface area contributed by atoms with Gasteiger partial charge in [0.2, 0.25) is 0 Å². The van der Waals surface area contributed by atoms with E-state index in [1.807, 2.05) is 38.1 Å². The van der Waals surface area contributed by atoms with Gasteiger partial charge in [-0.1, -0.05) is 26.0 Å². The Labute approximate surface area is 234 Å². The SMILES string of the molecule is COc1ccc(/C(O)=C2/C(=O)C(=O)N(c3ccc(N4CCN(C)CC4)cc3)C2c2ccc(O)cc2)cc1C(C)C. The topological polar surface area (TPSA) is 93.5 Å². The molecule has 0 bridgehead atoms. The zero-order valence-electron chi connectivity index (χ0n) is 23.3. The normalized spacial score (nSPS) is 19.5. The van der Waals surface area contributed by atoms with Crippen LogP contribution in [0.3, 0.4) is 0 Å². The number of aromatic hydroxyl groups is 1. The van der Waals surface area contributed by atoms with Crippen LogP contribution in [-0.2, 0) is 9.59 Å². The first-order valence-electron chi connectivity index (χ1n) is 13.5. The molecule has 2 N–H and O–H groups in total. The van der Waals surface area contributed by atoms with E-state index in [4.69, 9.17) is 4.74 Å². The Morgan fingerprint density at radius 3 is 2.12 bits per heavy atom. The van der Waals surface area contributed by atoms with Gasteiger partial charge in [-0.05, 0) is 78.7 Å². The van der Waals surface area contributed by atoms with Crippen LogP contribution in [0.1, 0.15) is 42.5 Å². The van der Waals surface area contributed by atoms with E-state index in [-0.39, 0.29) is 23.0 Å². The van der Waals surface area contributed by atoms with Crippen molar-refractivity contribution in [2.75, 3.05) is 50.1 Å². The van der Waals surface area contributed by atoms with Crippen LogP contribution in [0, 0.1) is 0 Å². The minimum absolute atomic E-state index is 0.00120. The van der Waals surface area contributed by atoms with Crippen LogP contribution in [0.15, 0.2) is 72.3 Å². The number of aliphatic hydroxyl groups excluding tert-OH is 1. The average molecular weight is 542 g/mol. The molecule has 0 spiro atoms. The Morgan fingerprint density at radius 2 is 1.52 bits per heavy atom. The summed E-state index contributed by atoms with van der Waals surface area (Å²) in [5.41, 5.74) is 3.50. The maximum Gasteiger partial charge on any atom is 0.300 e. The molecule has 3 aromatic carbocycles. The second kappa shape index (κ2) is 11.1. The lowest BCUT2D eigenvalue weighted by Crippen LogP contribution is -2.44. The number of likely N-dealkylation sites (N-methyl/N-ethyl adjacent to an activating group) is 1. The van der Waals surface area contributed by atoms with Crippen LogP contribution in [-0.4, -0.2) is 67.1 Å². The van der Waals surface area contributed by atoms with Crippen molar-refractivity contribution in [3.8, 4) is 11.5 Å². The van der Waals surface area contributed by atoms with Gasteiger partial charge in [-0.2, -0.15) is 0 Å². The summed E-state index contributed by atoms with van der Waals surface area (Å²) in [4.78, 5) is 33.1. The molecule has 8 nitrogen and oxygen atoms in total. The summed E-state index contributed by atoms with van der Waals surface area (Å²) in [6, 6.07) is 18.3. The van der Waals surface area contributed by atoms with Crippen molar-refractivity contribution in [2.24, 2.45) is 0 Å². The maximum absolute atomic E-state index is 13.5. The standard InChI is InChI=1S/C32H35N3O5/c1-20(2)26-19-22(7-14-27(26)40-4)30(37)28-29(21-5-12-25(36)13-6-21)35(32(39)31(28)38)24-10-8-23(9-11-24)34-17-15-33(3)16-18-34/h5-14,19-20,29,36-37H,15-18H2,1-4H3/b30-28-.